The molecule has 2 N–H and O–H groups in total. The molecule has 3 atom stereocenters. The maximum atomic E-state index is 13.2. The molecule has 1 saturated heterocycles. The van der Waals surface area contributed by atoms with Gasteiger partial charge < -0.3 is 10.6 Å². The van der Waals surface area contributed by atoms with Gasteiger partial charge in [0.25, 0.3) is 5.91 Å². The van der Waals surface area contributed by atoms with E-state index in [1.165, 1.54) is 6.42 Å². The third-order valence-corrected chi connectivity index (χ3v) is 6.41. The molecule has 0 unspecified atom stereocenters. The van der Waals surface area contributed by atoms with Gasteiger partial charge >= 0.3 is 6.03 Å². The van der Waals surface area contributed by atoms with Gasteiger partial charge in [0.2, 0.25) is 5.91 Å². The molecule has 0 bridgehead atoms. The summed E-state index contributed by atoms with van der Waals surface area (Å²) in [7, 11) is 0. The van der Waals surface area contributed by atoms with E-state index >= 15 is 0 Å². The minimum Gasteiger partial charge on any atom is -0.352 e. The highest BCUT2D eigenvalue weighted by atomic mass is 16.2. The van der Waals surface area contributed by atoms with E-state index in [1.807, 2.05) is 24.3 Å². The minimum absolute atomic E-state index is 0.136. The van der Waals surface area contributed by atoms with E-state index in [1.54, 1.807) is 0 Å². The van der Waals surface area contributed by atoms with Crippen molar-refractivity contribution in [3.8, 4) is 0 Å². The summed E-state index contributed by atoms with van der Waals surface area (Å²) in [5, 5.41) is 5.93. The third kappa shape index (κ3) is 3.11. The Morgan fingerprint density at radius 3 is 2.81 bits per heavy atom. The van der Waals surface area contributed by atoms with Gasteiger partial charge in [-0.25, -0.2) is 4.79 Å². The van der Waals surface area contributed by atoms with Gasteiger partial charge in [0.15, 0.2) is 0 Å². The lowest BCUT2D eigenvalue weighted by atomic mass is 9.76. The summed E-state index contributed by atoms with van der Waals surface area (Å²) in [5.74, 6) is -0.118. The van der Waals surface area contributed by atoms with Crippen molar-refractivity contribution in [1.29, 1.82) is 0 Å². The molecule has 1 aromatic rings. The van der Waals surface area contributed by atoms with Crippen LogP contribution in [-0.4, -0.2) is 35.3 Å². The summed E-state index contributed by atoms with van der Waals surface area (Å²) < 4.78 is 0. The van der Waals surface area contributed by atoms with Crippen LogP contribution in [0.2, 0.25) is 0 Å². The Morgan fingerprint density at radius 2 is 2.00 bits per heavy atom. The Hall–Kier alpha value is -2.37. The van der Waals surface area contributed by atoms with E-state index in [0.29, 0.717) is 12.3 Å². The molecular formula is C21H27N3O3. The molecule has 4 rings (SSSR count). The number of imide groups is 1. The highest BCUT2D eigenvalue weighted by Crippen LogP contribution is 2.39. The summed E-state index contributed by atoms with van der Waals surface area (Å²) in [5.41, 5.74) is 0.961. The summed E-state index contributed by atoms with van der Waals surface area (Å²) in [4.78, 5) is 39.4. The van der Waals surface area contributed by atoms with Crippen LogP contribution >= 0.6 is 0 Å². The topological polar surface area (TPSA) is 78.5 Å². The predicted octanol–water partition coefficient (Wildman–Crippen LogP) is 2.46. The first-order valence-electron chi connectivity index (χ1n) is 10.0. The Labute approximate surface area is 159 Å². The number of carbonyl (C=O) groups is 3. The fraction of sp³-hybridized carbons (Fsp3) is 0.571. The van der Waals surface area contributed by atoms with Crippen LogP contribution in [0.15, 0.2) is 24.3 Å². The molecule has 3 aliphatic rings. The van der Waals surface area contributed by atoms with Crippen LogP contribution in [0.5, 0.6) is 0 Å². The number of nitrogens with one attached hydrogen (secondary N) is 2. The molecular weight excluding hydrogens is 342 g/mol. The SMILES string of the molecule is C[C@H]1CCCC[C@@H]1NC(=O)CN1C(=O)N[C@]2(CCCc3ccccc32)C1=O. The van der Waals surface area contributed by atoms with Gasteiger partial charge in [-0.15, -0.1) is 0 Å². The van der Waals surface area contributed by atoms with Crippen molar-refractivity contribution in [3.63, 3.8) is 0 Å². The molecule has 0 aromatic heterocycles. The van der Waals surface area contributed by atoms with Crippen molar-refractivity contribution in [3.05, 3.63) is 35.4 Å². The fourth-order valence-corrected chi connectivity index (χ4v) is 4.88. The second-order valence-electron chi connectivity index (χ2n) is 8.17. The molecule has 144 valence electrons. The number of fused-ring (bicyclic) bond motifs is 2. The molecule has 2 fully saturated rings. The van der Waals surface area contributed by atoms with Crippen LogP contribution in [0, 0.1) is 5.92 Å². The second-order valence-corrected chi connectivity index (χ2v) is 8.17. The number of aryl methyl sites for hydroxylation is 1. The highest BCUT2D eigenvalue weighted by Gasteiger charge is 2.54. The van der Waals surface area contributed by atoms with E-state index in [9.17, 15) is 14.4 Å². The molecule has 6 nitrogen and oxygen atoms in total. The largest absolute Gasteiger partial charge is 0.352 e. The number of rotatable bonds is 3. The van der Waals surface area contributed by atoms with Crippen LogP contribution in [0.25, 0.3) is 0 Å². The number of hydrogen-bond donors (Lipinski definition) is 2. The number of urea groups is 1. The normalized spacial score (nSPS) is 30.2. The zero-order valence-electron chi connectivity index (χ0n) is 15.8. The van der Waals surface area contributed by atoms with Crippen molar-refractivity contribution in [2.45, 2.75) is 63.5 Å². The minimum atomic E-state index is -1.01. The fourth-order valence-electron chi connectivity index (χ4n) is 4.88. The van der Waals surface area contributed by atoms with Gasteiger partial charge in [0, 0.05) is 6.04 Å². The van der Waals surface area contributed by atoms with Crippen LogP contribution in [-0.2, 0) is 21.5 Å². The molecule has 2 aliphatic carbocycles. The first-order valence-corrected chi connectivity index (χ1v) is 10.0. The van der Waals surface area contributed by atoms with E-state index in [2.05, 4.69) is 17.6 Å². The molecule has 1 saturated carbocycles. The summed E-state index contributed by atoms with van der Waals surface area (Å²) >= 11 is 0. The molecule has 1 aliphatic heterocycles. The molecule has 27 heavy (non-hydrogen) atoms. The van der Waals surface area contributed by atoms with Crippen LogP contribution in [0.4, 0.5) is 4.79 Å². The number of carbonyl (C=O) groups excluding carboxylic acids is 3. The van der Waals surface area contributed by atoms with Crippen molar-refractivity contribution in [2.75, 3.05) is 6.54 Å². The Kier molecular flexibility index (Phi) is 4.66. The number of nitrogens with zero attached hydrogens (tertiary/aromatic N) is 1. The number of amides is 4. The molecule has 1 aromatic carbocycles. The smallest absolute Gasteiger partial charge is 0.325 e. The lowest BCUT2D eigenvalue weighted by Crippen LogP contribution is -2.49. The first-order chi connectivity index (χ1) is 13.0. The van der Waals surface area contributed by atoms with E-state index in [0.717, 1.165) is 48.1 Å². The third-order valence-electron chi connectivity index (χ3n) is 6.41. The summed E-state index contributed by atoms with van der Waals surface area (Å²) in [6, 6.07) is 7.44. The molecule has 4 amide bonds. The quantitative estimate of drug-likeness (QED) is 0.804. The van der Waals surface area contributed by atoms with Crippen molar-refractivity contribution in [2.24, 2.45) is 5.92 Å². The first kappa shape index (κ1) is 18.0. The van der Waals surface area contributed by atoms with Gasteiger partial charge in [0.1, 0.15) is 12.1 Å². The average Bonchev–Trinajstić information content (AvgIpc) is 2.89. The molecule has 1 heterocycles. The Balaban J connectivity index is 1.50. The monoisotopic (exact) mass is 369 g/mol. The highest BCUT2D eigenvalue weighted by molar-refractivity contribution is 6.09. The summed E-state index contributed by atoms with van der Waals surface area (Å²) in [6.07, 6.45) is 6.69. The van der Waals surface area contributed by atoms with E-state index in [-0.39, 0.29) is 24.4 Å². The molecule has 1 spiro atoms. The Bertz CT molecular complexity index is 778. The van der Waals surface area contributed by atoms with Crippen LogP contribution in [0.3, 0.4) is 0 Å². The maximum absolute atomic E-state index is 13.2. The standard InChI is InChI=1S/C21H27N3O3/c1-14-7-2-5-11-17(14)22-18(25)13-24-19(26)21(23-20(24)27)12-6-9-15-8-3-4-10-16(15)21/h3-4,8,10,14,17H,2,5-7,9,11-13H2,1H3,(H,22,25)(H,23,27)/t14-,17-,21-/m0/s1. The average molecular weight is 369 g/mol. The van der Waals surface area contributed by atoms with Gasteiger partial charge in [-0.1, -0.05) is 44.0 Å². The van der Waals surface area contributed by atoms with E-state index < -0.39 is 11.6 Å². The van der Waals surface area contributed by atoms with Crippen LogP contribution in [0.1, 0.15) is 56.6 Å². The van der Waals surface area contributed by atoms with Gasteiger partial charge in [-0.3, -0.25) is 14.5 Å². The van der Waals surface area contributed by atoms with Gasteiger partial charge in [-0.05, 0) is 49.1 Å². The molecule has 6 heteroatoms. The van der Waals surface area contributed by atoms with Crippen LogP contribution < -0.4 is 10.6 Å². The number of benzene rings is 1. The predicted molar refractivity (Wildman–Crippen MR) is 101 cm³/mol. The zero-order chi connectivity index (χ0) is 19.0. The lowest BCUT2D eigenvalue weighted by molar-refractivity contribution is -0.136. The van der Waals surface area contributed by atoms with E-state index in [4.69, 9.17) is 0 Å². The molecule has 0 radical (unpaired) electrons. The number of hydrogen-bond acceptors (Lipinski definition) is 3. The van der Waals surface area contributed by atoms with Gasteiger partial charge in [0.05, 0.1) is 0 Å². The Morgan fingerprint density at radius 1 is 1.22 bits per heavy atom. The van der Waals surface area contributed by atoms with Gasteiger partial charge in [-0.2, -0.15) is 0 Å². The zero-order valence-corrected chi connectivity index (χ0v) is 15.8. The van der Waals surface area contributed by atoms with Crippen molar-refractivity contribution < 1.29 is 14.4 Å². The second kappa shape index (κ2) is 6.98. The van der Waals surface area contributed by atoms with Crippen molar-refractivity contribution in [1.82, 2.24) is 15.5 Å². The summed E-state index contributed by atoms with van der Waals surface area (Å²) in [6.45, 7) is 1.93. The lowest BCUT2D eigenvalue weighted by Gasteiger charge is -2.33. The van der Waals surface area contributed by atoms with Crippen molar-refractivity contribution >= 4 is 17.8 Å². The maximum Gasteiger partial charge on any atom is 0.325 e.